The minimum absolute atomic E-state index is 0.136. The van der Waals surface area contributed by atoms with Gasteiger partial charge in [-0.3, -0.25) is 9.48 Å². The Morgan fingerprint density at radius 2 is 2.08 bits per heavy atom. The molecule has 0 saturated carbocycles. The summed E-state index contributed by atoms with van der Waals surface area (Å²) in [6, 6.07) is 10.3. The fraction of sp³-hybridized carbons (Fsp3) is 0.222. The van der Waals surface area contributed by atoms with Gasteiger partial charge in [0.25, 0.3) is 5.91 Å². The van der Waals surface area contributed by atoms with Gasteiger partial charge in [0.1, 0.15) is 23.1 Å². The van der Waals surface area contributed by atoms with Crippen LogP contribution in [0.3, 0.4) is 0 Å². The van der Waals surface area contributed by atoms with E-state index in [0.29, 0.717) is 28.1 Å². The lowest BCUT2D eigenvalue weighted by Gasteiger charge is -2.14. The van der Waals surface area contributed by atoms with Crippen molar-refractivity contribution in [2.24, 2.45) is 7.05 Å². The first-order valence-corrected chi connectivity index (χ1v) is 8.59. The standard InChI is InChI=1S/C18H17Cl2N3O3/c1-22(10-12-8-9-23(2)21-12)18(24)16-7-6-13(26-16)11-25-15-5-3-4-14(19)17(15)20/h3-9H,10-11H2,1-2H3. The SMILES string of the molecule is CN(Cc1ccn(C)n1)C(=O)c1ccc(COc2cccc(Cl)c2Cl)o1. The van der Waals surface area contributed by atoms with Gasteiger partial charge in [-0.15, -0.1) is 0 Å². The number of benzene rings is 1. The lowest BCUT2D eigenvalue weighted by atomic mass is 10.3. The molecule has 0 aliphatic heterocycles. The van der Waals surface area contributed by atoms with E-state index < -0.39 is 0 Å². The van der Waals surface area contributed by atoms with E-state index in [1.54, 1.807) is 47.0 Å². The van der Waals surface area contributed by atoms with E-state index in [1.807, 2.05) is 19.3 Å². The van der Waals surface area contributed by atoms with Crippen molar-refractivity contribution in [1.29, 1.82) is 0 Å². The van der Waals surface area contributed by atoms with Crippen LogP contribution in [0.2, 0.25) is 10.0 Å². The average Bonchev–Trinajstić information content (AvgIpc) is 3.24. The Labute approximate surface area is 160 Å². The first kappa shape index (κ1) is 18.4. The molecule has 2 heterocycles. The van der Waals surface area contributed by atoms with Crippen LogP contribution >= 0.6 is 23.2 Å². The summed E-state index contributed by atoms with van der Waals surface area (Å²) >= 11 is 12.0. The van der Waals surface area contributed by atoms with Gasteiger partial charge >= 0.3 is 0 Å². The van der Waals surface area contributed by atoms with Gasteiger partial charge < -0.3 is 14.1 Å². The number of ether oxygens (including phenoxy) is 1. The number of rotatable bonds is 6. The highest BCUT2D eigenvalue weighted by molar-refractivity contribution is 6.42. The van der Waals surface area contributed by atoms with Crippen LogP contribution in [0.4, 0.5) is 0 Å². The molecule has 0 spiro atoms. The Bertz CT molecular complexity index is 920. The maximum Gasteiger partial charge on any atom is 0.289 e. The second kappa shape index (κ2) is 7.85. The predicted octanol–water partition coefficient (Wildman–Crippen LogP) is 4.17. The third-order valence-electron chi connectivity index (χ3n) is 3.67. The van der Waals surface area contributed by atoms with Crippen molar-refractivity contribution >= 4 is 29.1 Å². The third-order valence-corrected chi connectivity index (χ3v) is 4.47. The number of amides is 1. The molecule has 3 aromatic rings. The van der Waals surface area contributed by atoms with Crippen molar-refractivity contribution < 1.29 is 13.9 Å². The maximum atomic E-state index is 12.5. The van der Waals surface area contributed by atoms with Gasteiger partial charge in [-0.1, -0.05) is 29.3 Å². The lowest BCUT2D eigenvalue weighted by Crippen LogP contribution is -2.26. The summed E-state index contributed by atoms with van der Waals surface area (Å²) in [4.78, 5) is 14.0. The molecule has 0 aliphatic rings. The van der Waals surface area contributed by atoms with Crippen LogP contribution in [0.1, 0.15) is 22.0 Å². The fourth-order valence-electron chi connectivity index (χ4n) is 2.37. The second-order valence-electron chi connectivity index (χ2n) is 5.75. The summed E-state index contributed by atoms with van der Waals surface area (Å²) in [6.45, 7) is 0.529. The molecular formula is C18H17Cl2N3O3. The quantitative estimate of drug-likeness (QED) is 0.630. The molecule has 2 aromatic heterocycles. The Kier molecular flexibility index (Phi) is 5.54. The zero-order chi connectivity index (χ0) is 18.7. The lowest BCUT2D eigenvalue weighted by molar-refractivity contribution is 0.0747. The molecule has 1 aromatic carbocycles. The van der Waals surface area contributed by atoms with Gasteiger partial charge in [0, 0.05) is 20.3 Å². The molecule has 0 saturated heterocycles. The highest BCUT2D eigenvalue weighted by Crippen LogP contribution is 2.32. The summed E-state index contributed by atoms with van der Waals surface area (Å²) in [7, 11) is 3.53. The zero-order valence-electron chi connectivity index (χ0n) is 14.3. The Morgan fingerprint density at radius 1 is 1.27 bits per heavy atom. The summed E-state index contributed by atoms with van der Waals surface area (Å²) in [5.41, 5.74) is 0.800. The molecule has 26 heavy (non-hydrogen) atoms. The van der Waals surface area contributed by atoms with Crippen molar-refractivity contribution in [3.05, 3.63) is 69.9 Å². The molecule has 6 nitrogen and oxygen atoms in total. The number of halogens is 2. The number of aryl methyl sites for hydroxylation is 1. The van der Waals surface area contributed by atoms with Crippen molar-refractivity contribution in [2.45, 2.75) is 13.2 Å². The van der Waals surface area contributed by atoms with Crippen LogP contribution in [-0.2, 0) is 20.2 Å². The molecule has 0 fully saturated rings. The number of carbonyl (C=O) groups excluding carboxylic acids is 1. The largest absolute Gasteiger partial charge is 0.484 e. The van der Waals surface area contributed by atoms with Crippen LogP contribution in [-0.4, -0.2) is 27.6 Å². The Morgan fingerprint density at radius 3 is 2.81 bits per heavy atom. The van der Waals surface area contributed by atoms with Gasteiger partial charge in [0.05, 0.1) is 17.3 Å². The van der Waals surface area contributed by atoms with Crippen molar-refractivity contribution in [2.75, 3.05) is 7.05 Å². The van der Waals surface area contributed by atoms with E-state index in [-0.39, 0.29) is 18.3 Å². The van der Waals surface area contributed by atoms with Crippen LogP contribution in [0, 0.1) is 0 Å². The average molecular weight is 394 g/mol. The molecule has 136 valence electrons. The molecule has 0 N–H and O–H groups in total. The van der Waals surface area contributed by atoms with E-state index in [2.05, 4.69) is 5.10 Å². The smallest absolute Gasteiger partial charge is 0.289 e. The van der Waals surface area contributed by atoms with Gasteiger partial charge in [-0.2, -0.15) is 5.10 Å². The van der Waals surface area contributed by atoms with Crippen LogP contribution < -0.4 is 4.74 Å². The number of carbonyl (C=O) groups is 1. The number of hydrogen-bond acceptors (Lipinski definition) is 4. The van der Waals surface area contributed by atoms with Crippen LogP contribution in [0.5, 0.6) is 5.75 Å². The molecular weight excluding hydrogens is 377 g/mol. The molecule has 0 atom stereocenters. The van der Waals surface area contributed by atoms with E-state index in [4.69, 9.17) is 32.4 Å². The third kappa shape index (κ3) is 4.20. The van der Waals surface area contributed by atoms with Crippen molar-refractivity contribution in [3.8, 4) is 5.75 Å². The first-order chi connectivity index (χ1) is 12.4. The van der Waals surface area contributed by atoms with Gasteiger partial charge in [0.2, 0.25) is 0 Å². The normalized spacial score (nSPS) is 10.8. The first-order valence-electron chi connectivity index (χ1n) is 7.83. The molecule has 0 bridgehead atoms. The molecule has 0 unspecified atom stereocenters. The Hall–Kier alpha value is -2.44. The molecule has 0 aliphatic carbocycles. The molecule has 0 radical (unpaired) electrons. The molecule has 3 rings (SSSR count). The van der Waals surface area contributed by atoms with Crippen LogP contribution in [0.25, 0.3) is 0 Å². The van der Waals surface area contributed by atoms with E-state index >= 15 is 0 Å². The molecule has 1 amide bonds. The Balaban J connectivity index is 1.61. The zero-order valence-corrected chi connectivity index (χ0v) is 15.8. The number of hydrogen-bond donors (Lipinski definition) is 0. The maximum absolute atomic E-state index is 12.5. The molecule has 8 heteroatoms. The summed E-state index contributed by atoms with van der Waals surface area (Å²) < 4.78 is 12.9. The van der Waals surface area contributed by atoms with Gasteiger partial charge in [-0.05, 0) is 30.3 Å². The number of nitrogens with zero attached hydrogens (tertiary/aromatic N) is 3. The second-order valence-corrected chi connectivity index (χ2v) is 6.53. The highest BCUT2D eigenvalue weighted by atomic mass is 35.5. The fourth-order valence-corrected chi connectivity index (χ4v) is 2.71. The van der Waals surface area contributed by atoms with Gasteiger partial charge in [-0.25, -0.2) is 0 Å². The summed E-state index contributed by atoms with van der Waals surface area (Å²) in [5.74, 6) is 0.966. The number of furan rings is 1. The van der Waals surface area contributed by atoms with E-state index in [1.165, 1.54) is 0 Å². The minimum Gasteiger partial charge on any atom is -0.484 e. The van der Waals surface area contributed by atoms with Crippen LogP contribution in [0.15, 0.2) is 47.0 Å². The summed E-state index contributed by atoms with van der Waals surface area (Å²) in [6.07, 6.45) is 1.83. The highest BCUT2D eigenvalue weighted by Gasteiger charge is 2.17. The van der Waals surface area contributed by atoms with Crippen molar-refractivity contribution in [3.63, 3.8) is 0 Å². The predicted molar refractivity (Wildman–Crippen MR) is 98.5 cm³/mol. The van der Waals surface area contributed by atoms with Crippen molar-refractivity contribution in [1.82, 2.24) is 14.7 Å². The summed E-state index contributed by atoms with van der Waals surface area (Å²) in [5, 5.41) is 5.01. The monoisotopic (exact) mass is 393 g/mol. The van der Waals surface area contributed by atoms with E-state index in [0.717, 1.165) is 5.69 Å². The van der Waals surface area contributed by atoms with E-state index in [9.17, 15) is 4.79 Å². The number of aromatic nitrogens is 2. The topological polar surface area (TPSA) is 60.5 Å². The minimum atomic E-state index is -0.234. The van der Waals surface area contributed by atoms with Gasteiger partial charge in [0.15, 0.2) is 5.76 Å².